The van der Waals surface area contributed by atoms with Gasteiger partial charge in [0.25, 0.3) is 0 Å². The summed E-state index contributed by atoms with van der Waals surface area (Å²) in [5, 5.41) is 0. The number of aldehydes is 1. The van der Waals surface area contributed by atoms with Crippen molar-refractivity contribution in [2.45, 2.75) is 64.4 Å². The van der Waals surface area contributed by atoms with Crippen molar-refractivity contribution in [1.29, 1.82) is 0 Å². The van der Waals surface area contributed by atoms with Crippen molar-refractivity contribution in [3.8, 4) is 0 Å². The maximum Gasteiger partial charge on any atom is 0.305 e. The van der Waals surface area contributed by atoms with Crippen LogP contribution in [0.3, 0.4) is 0 Å². The van der Waals surface area contributed by atoms with Gasteiger partial charge in [0.15, 0.2) is 0 Å². The van der Waals surface area contributed by atoms with Crippen molar-refractivity contribution < 1.29 is 23.9 Å². The smallest absolute Gasteiger partial charge is 0.305 e. The van der Waals surface area contributed by atoms with Crippen molar-refractivity contribution in [2.75, 3.05) is 7.11 Å². The molecule has 0 heterocycles. The minimum absolute atomic E-state index is 0.0180. The van der Waals surface area contributed by atoms with Crippen LogP contribution in [-0.4, -0.2) is 31.4 Å². The van der Waals surface area contributed by atoms with E-state index in [-0.39, 0.29) is 29.9 Å². The first kappa shape index (κ1) is 17.7. The van der Waals surface area contributed by atoms with Crippen LogP contribution in [0.5, 0.6) is 0 Å². The lowest BCUT2D eigenvalue weighted by Crippen LogP contribution is -2.25. The summed E-state index contributed by atoms with van der Waals surface area (Å²) >= 11 is 0. The number of ether oxygens (including phenoxy) is 2. The molecule has 120 valence electrons. The molecule has 2 unspecified atom stereocenters. The fourth-order valence-electron chi connectivity index (χ4n) is 3.09. The number of hydrogen-bond acceptors (Lipinski definition) is 5. The third kappa shape index (κ3) is 6.27. The molecule has 1 rings (SSSR count). The molecule has 1 aliphatic carbocycles. The van der Waals surface area contributed by atoms with Gasteiger partial charge < -0.3 is 14.3 Å². The molecule has 1 fully saturated rings. The first-order chi connectivity index (χ1) is 10.1. The van der Waals surface area contributed by atoms with Crippen molar-refractivity contribution in [3.05, 3.63) is 0 Å². The standard InChI is InChI=1S/C16H26O5/c1-12(18)21-15-10-9-13(11-17)14(15)7-5-3-4-6-8-16(19)20-2/h11,13-15H,3-10H2,1-2H3/t13?,14?,15-/m0/s1. The zero-order valence-corrected chi connectivity index (χ0v) is 13.0. The molecule has 0 aromatic carbocycles. The van der Waals surface area contributed by atoms with Gasteiger partial charge >= 0.3 is 11.9 Å². The van der Waals surface area contributed by atoms with Gasteiger partial charge in [0.05, 0.1) is 7.11 Å². The Morgan fingerprint density at radius 2 is 1.86 bits per heavy atom. The number of hydrogen-bond donors (Lipinski definition) is 0. The summed E-state index contributed by atoms with van der Waals surface area (Å²) in [7, 11) is 1.40. The number of carbonyl (C=O) groups is 3. The molecule has 0 N–H and O–H groups in total. The van der Waals surface area contributed by atoms with E-state index in [4.69, 9.17) is 4.74 Å². The molecule has 0 spiro atoms. The first-order valence-electron chi connectivity index (χ1n) is 7.77. The Bertz CT molecular complexity index is 353. The van der Waals surface area contributed by atoms with E-state index in [0.717, 1.165) is 51.2 Å². The number of rotatable bonds is 9. The molecule has 5 nitrogen and oxygen atoms in total. The molecule has 0 aliphatic heterocycles. The molecular formula is C16H26O5. The van der Waals surface area contributed by atoms with Crippen LogP contribution in [0, 0.1) is 11.8 Å². The van der Waals surface area contributed by atoms with Gasteiger partial charge in [-0.1, -0.05) is 19.3 Å². The molecule has 1 saturated carbocycles. The molecule has 0 aromatic rings. The Morgan fingerprint density at radius 1 is 1.14 bits per heavy atom. The highest BCUT2D eigenvalue weighted by molar-refractivity contribution is 5.69. The zero-order valence-electron chi connectivity index (χ0n) is 13.0. The Balaban J connectivity index is 2.25. The van der Waals surface area contributed by atoms with E-state index in [1.165, 1.54) is 14.0 Å². The number of methoxy groups -OCH3 is 1. The van der Waals surface area contributed by atoms with Crippen molar-refractivity contribution in [3.63, 3.8) is 0 Å². The summed E-state index contributed by atoms with van der Waals surface area (Å²) in [5.74, 6) is -0.257. The van der Waals surface area contributed by atoms with Gasteiger partial charge in [-0.05, 0) is 25.7 Å². The molecule has 3 atom stereocenters. The molecule has 0 aromatic heterocycles. The molecule has 0 radical (unpaired) electrons. The fourth-order valence-corrected chi connectivity index (χ4v) is 3.09. The van der Waals surface area contributed by atoms with Crippen molar-refractivity contribution >= 4 is 18.2 Å². The van der Waals surface area contributed by atoms with E-state index >= 15 is 0 Å². The summed E-state index contributed by atoms with van der Waals surface area (Å²) in [5.41, 5.74) is 0. The van der Waals surface area contributed by atoms with Crippen molar-refractivity contribution in [2.24, 2.45) is 11.8 Å². The van der Waals surface area contributed by atoms with Crippen LogP contribution >= 0.6 is 0 Å². The van der Waals surface area contributed by atoms with Crippen LogP contribution in [0.4, 0.5) is 0 Å². The zero-order chi connectivity index (χ0) is 15.7. The SMILES string of the molecule is COC(=O)CCCCCCC1C(C=O)CC[C@@H]1OC(C)=O. The predicted molar refractivity (Wildman–Crippen MR) is 77.6 cm³/mol. The molecular weight excluding hydrogens is 272 g/mol. The van der Waals surface area contributed by atoms with E-state index in [1.807, 2.05) is 0 Å². The van der Waals surface area contributed by atoms with Gasteiger partial charge in [-0.15, -0.1) is 0 Å². The molecule has 1 aliphatic rings. The monoisotopic (exact) mass is 298 g/mol. The summed E-state index contributed by atoms with van der Waals surface area (Å²) in [4.78, 5) is 33.2. The Morgan fingerprint density at radius 3 is 2.48 bits per heavy atom. The second-order valence-corrected chi connectivity index (χ2v) is 5.72. The normalized spacial score (nSPS) is 24.6. The van der Waals surface area contributed by atoms with Gasteiger partial charge in [0, 0.05) is 25.2 Å². The van der Waals surface area contributed by atoms with E-state index in [1.54, 1.807) is 0 Å². The molecule has 5 heteroatoms. The maximum atomic E-state index is 11.1. The lowest BCUT2D eigenvalue weighted by atomic mass is 9.90. The van der Waals surface area contributed by atoms with E-state index in [0.29, 0.717) is 6.42 Å². The quantitative estimate of drug-likeness (QED) is 0.372. The highest BCUT2D eigenvalue weighted by Crippen LogP contribution is 2.36. The predicted octanol–water partition coefficient (Wildman–Crippen LogP) is 2.66. The largest absolute Gasteiger partial charge is 0.469 e. The van der Waals surface area contributed by atoms with Crippen LogP contribution < -0.4 is 0 Å². The highest BCUT2D eigenvalue weighted by Gasteiger charge is 2.37. The lowest BCUT2D eigenvalue weighted by Gasteiger charge is -2.21. The van der Waals surface area contributed by atoms with Crippen LogP contribution in [0.15, 0.2) is 0 Å². The molecule has 0 amide bonds. The fraction of sp³-hybridized carbons (Fsp3) is 0.812. The average molecular weight is 298 g/mol. The topological polar surface area (TPSA) is 69.7 Å². The van der Waals surface area contributed by atoms with Gasteiger partial charge in [-0.2, -0.15) is 0 Å². The minimum atomic E-state index is -0.269. The maximum absolute atomic E-state index is 11.1. The van der Waals surface area contributed by atoms with Gasteiger partial charge in [-0.25, -0.2) is 0 Å². The third-order valence-electron chi connectivity index (χ3n) is 4.20. The van der Waals surface area contributed by atoms with Crippen LogP contribution in [0.25, 0.3) is 0 Å². The second-order valence-electron chi connectivity index (χ2n) is 5.72. The summed E-state index contributed by atoms with van der Waals surface area (Å²) in [6.45, 7) is 1.41. The number of carbonyl (C=O) groups excluding carboxylic acids is 3. The number of esters is 2. The Kier molecular flexibility index (Phi) is 8.01. The van der Waals surface area contributed by atoms with E-state index < -0.39 is 0 Å². The Labute approximate surface area is 126 Å². The Hall–Kier alpha value is -1.39. The average Bonchev–Trinajstić information content (AvgIpc) is 2.83. The van der Waals surface area contributed by atoms with E-state index in [2.05, 4.69) is 4.74 Å². The number of unbranched alkanes of at least 4 members (excludes halogenated alkanes) is 3. The molecule has 21 heavy (non-hydrogen) atoms. The third-order valence-corrected chi connectivity index (χ3v) is 4.20. The lowest BCUT2D eigenvalue weighted by molar-refractivity contribution is -0.149. The summed E-state index contributed by atoms with van der Waals surface area (Å²) in [6.07, 6.45) is 7.70. The van der Waals surface area contributed by atoms with Gasteiger partial charge in [-0.3, -0.25) is 9.59 Å². The minimum Gasteiger partial charge on any atom is -0.469 e. The van der Waals surface area contributed by atoms with Crippen LogP contribution in [-0.2, 0) is 23.9 Å². The highest BCUT2D eigenvalue weighted by atomic mass is 16.5. The summed E-state index contributed by atoms with van der Waals surface area (Å²) < 4.78 is 9.91. The van der Waals surface area contributed by atoms with Crippen molar-refractivity contribution in [1.82, 2.24) is 0 Å². The van der Waals surface area contributed by atoms with Crippen LogP contribution in [0.2, 0.25) is 0 Å². The van der Waals surface area contributed by atoms with Crippen LogP contribution in [0.1, 0.15) is 58.3 Å². The van der Waals surface area contributed by atoms with Gasteiger partial charge in [0.2, 0.25) is 0 Å². The summed E-state index contributed by atoms with van der Waals surface area (Å²) in [6, 6.07) is 0. The molecule has 0 bridgehead atoms. The van der Waals surface area contributed by atoms with E-state index in [9.17, 15) is 14.4 Å². The second kappa shape index (κ2) is 9.53. The first-order valence-corrected chi connectivity index (χ1v) is 7.77. The van der Waals surface area contributed by atoms with Gasteiger partial charge in [0.1, 0.15) is 12.4 Å². The molecule has 0 saturated heterocycles.